The molecule has 0 radical (unpaired) electrons. The number of hydrogen-bond donors (Lipinski definition) is 3. The van der Waals surface area contributed by atoms with Gasteiger partial charge in [-0.1, -0.05) is 19.9 Å². The van der Waals surface area contributed by atoms with E-state index in [1.807, 2.05) is 24.6 Å². The molecular formula is C16H24N4OS. The van der Waals surface area contributed by atoms with Crippen LogP contribution in [-0.2, 0) is 6.42 Å². The fourth-order valence-corrected chi connectivity index (χ4v) is 3.28. The first-order valence-electron chi connectivity index (χ1n) is 7.64. The zero-order valence-electron chi connectivity index (χ0n) is 13.3. The van der Waals surface area contributed by atoms with Gasteiger partial charge in [-0.25, -0.2) is 4.79 Å². The van der Waals surface area contributed by atoms with Gasteiger partial charge in [-0.15, -0.1) is 11.3 Å². The highest BCUT2D eigenvalue weighted by Crippen LogP contribution is 2.25. The van der Waals surface area contributed by atoms with Gasteiger partial charge in [0.2, 0.25) is 0 Å². The van der Waals surface area contributed by atoms with Crippen molar-refractivity contribution in [2.45, 2.75) is 39.7 Å². The summed E-state index contributed by atoms with van der Waals surface area (Å²) < 4.78 is 0. The first kappa shape index (κ1) is 16.5. The number of H-pyrrole nitrogens is 1. The summed E-state index contributed by atoms with van der Waals surface area (Å²) in [5.74, 6) is 0.359. The van der Waals surface area contributed by atoms with Crippen LogP contribution < -0.4 is 10.6 Å². The standard InChI is InChI=1S/C16H24N4OS/c1-11(2)15(14-7-5-9-22-14)19-16(21)17-8-4-6-13-10-18-20-12(13)3/h5,7,9-11,15H,4,6,8H2,1-3H3,(H,18,20)(H2,17,19,21)/t15-/m1/s1. The molecular weight excluding hydrogens is 296 g/mol. The van der Waals surface area contributed by atoms with E-state index in [1.54, 1.807) is 11.3 Å². The average Bonchev–Trinajstić information content (AvgIpc) is 3.12. The molecule has 2 amide bonds. The summed E-state index contributed by atoms with van der Waals surface area (Å²) in [7, 11) is 0. The monoisotopic (exact) mass is 320 g/mol. The minimum atomic E-state index is -0.101. The van der Waals surface area contributed by atoms with Crippen LogP contribution in [0.3, 0.4) is 0 Å². The summed E-state index contributed by atoms with van der Waals surface area (Å²) in [5, 5.41) is 15.0. The smallest absolute Gasteiger partial charge is 0.315 e. The SMILES string of the molecule is Cc1[nH]ncc1CCCNC(=O)N[C@@H](c1cccs1)C(C)C. The lowest BCUT2D eigenvalue weighted by molar-refractivity contribution is 0.233. The van der Waals surface area contributed by atoms with Gasteiger partial charge in [0.15, 0.2) is 0 Å². The van der Waals surface area contributed by atoms with Crippen LogP contribution in [0, 0.1) is 12.8 Å². The molecule has 2 aromatic heterocycles. The fourth-order valence-electron chi connectivity index (χ4n) is 2.34. The van der Waals surface area contributed by atoms with Crippen LogP contribution in [0.4, 0.5) is 4.79 Å². The van der Waals surface area contributed by atoms with Crippen molar-refractivity contribution in [1.82, 2.24) is 20.8 Å². The van der Waals surface area contributed by atoms with Crippen molar-refractivity contribution in [2.24, 2.45) is 5.92 Å². The average molecular weight is 320 g/mol. The number of amides is 2. The molecule has 0 aliphatic rings. The Morgan fingerprint density at radius 2 is 2.27 bits per heavy atom. The van der Waals surface area contributed by atoms with Gasteiger partial charge in [0.05, 0.1) is 12.2 Å². The lowest BCUT2D eigenvalue weighted by Gasteiger charge is -2.21. The van der Waals surface area contributed by atoms with Gasteiger partial charge in [-0.2, -0.15) is 5.10 Å². The van der Waals surface area contributed by atoms with Crippen molar-refractivity contribution in [3.8, 4) is 0 Å². The number of aryl methyl sites for hydroxylation is 2. The Morgan fingerprint density at radius 3 is 2.86 bits per heavy atom. The Hall–Kier alpha value is -1.82. The third-order valence-electron chi connectivity index (χ3n) is 3.65. The highest BCUT2D eigenvalue weighted by Gasteiger charge is 2.18. The minimum absolute atomic E-state index is 0.0659. The molecule has 1 atom stereocenters. The molecule has 2 rings (SSSR count). The number of urea groups is 1. The van der Waals surface area contributed by atoms with Crippen molar-refractivity contribution in [3.05, 3.63) is 39.8 Å². The van der Waals surface area contributed by atoms with E-state index in [4.69, 9.17) is 0 Å². The molecule has 0 bridgehead atoms. The quantitative estimate of drug-likeness (QED) is 0.684. The number of carbonyl (C=O) groups excluding carboxylic acids is 1. The number of carbonyl (C=O) groups is 1. The van der Waals surface area contributed by atoms with E-state index in [9.17, 15) is 4.79 Å². The van der Waals surface area contributed by atoms with Crippen molar-refractivity contribution in [1.29, 1.82) is 0 Å². The molecule has 5 nitrogen and oxygen atoms in total. The molecule has 3 N–H and O–H groups in total. The Bertz CT molecular complexity index is 577. The second-order valence-corrected chi connectivity index (χ2v) is 6.74. The highest BCUT2D eigenvalue weighted by atomic mass is 32.1. The van der Waals surface area contributed by atoms with Gasteiger partial charge in [0.1, 0.15) is 0 Å². The molecule has 0 aliphatic carbocycles. The van der Waals surface area contributed by atoms with E-state index in [2.05, 4.69) is 40.7 Å². The van der Waals surface area contributed by atoms with Crippen LogP contribution in [0.5, 0.6) is 0 Å². The number of thiophene rings is 1. The topological polar surface area (TPSA) is 69.8 Å². The maximum Gasteiger partial charge on any atom is 0.315 e. The number of aromatic amines is 1. The summed E-state index contributed by atoms with van der Waals surface area (Å²) in [4.78, 5) is 13.2. The summed E-state index contributed by atoms with van der Waals surface area (Å²) in [6, 6.07) is 4.05. The predicted molar refractivity (Wildman–Crippen MR) is 90.1 cm³/mol. The van der Waals surface area contributed by atoms with Crippen LogP contribution in [0.1, 0.15) is 42.4 Å². The Labute approximate surface area is 135 Å². The molecule has 0 fully saturated rings. The molecule has 2 heterocycles. The molecule has 120 valence electrons. The maximum absolute atomic E-state index is 12.0. The zero-order chi connectivity index (χ0) is 15.9. The maximum atomic E-state index is 12.0. The van der Waals surface area contributed by atoms with Crippen molar-refractivity contribution in [3.63, 3.8) is 0 Å². The van der Waals surface area contributed by atoms with E-state index < -0.39 is 0 Å². The Kier molecular flexibility index (Phi) is 6.00. The molecule has 0 aliphatic heterocycles. The number of rotatable bonds is 7. The largest absolute Gasteiger partial charge is 0.338 e. The molecule has 22 heavy (non-hydrogen) atoms. The van der Waals surface area contributed by atoms with Gasteiger partial charge < -0.3 is 10.6 Å². The molecule has 0 unspecified atom stereocenters. The van der Waals surface area contributed by atoms with Crippen LogP contribution >= 0.6 is 11.3 Å². The van der Waals surface area contributed by atoms with E-state index in [0.29, 0.717) is 12.5 Å². The fraction of sp³-hybridized carbons (Fsp3) is 0.500. The van der Waals surface area contributed by atoms with Crippen molar-refractivity contribution in [2.75, 3.05) is 6.54 Å². The minimum Gasteiger partial charge on any atom is -0.338 e. The second kappa shape index (κ2) is 7.98. The highest BCUT2D eigenvalue weighted by molar-refractivity contribution is 7.10. The molecule has 0 aromatic carbocycles. The Morgan fingerprint density at radius 1 is 1.45 bits per heavy atom. The number of hydrogen-bond acceptors (Lipinski definition) is 3. The van der Waals surface area contributed by atoms with Crippen LogP contribution in [0.2, 0.25) is 0 Å². The lowest BCUT2D eigenvalue weighted by Crippen LogP contribution is -2.39. The second-order valence-electron chi connectivity index (χ2n) is 5.76. The van der Waals surface area contributed by atoms with Crippen LogP contribution in [0.15, 0.2) is 23.7 Å². The van der Waals surface area contributed by atoms with Gasteiger partial charge >= 0.3 is 6.03 Å². The molecule has 0 saturated carbocycles. The molecule has 2 aromatic rings. The van der Waals surface area contributed by atoms with Gasteiger partial charge in [-0.3, -0.25) is 5.10 Å². The number of nitrogens with zero attached hydrogens (tertiary/aromatic N) is 1. The molecule has 0 spiro atoms. The summed E-state index contributed by atoms with van der Waals surface area (Å²) in [6.07, 6.45) is 3.67. The number of nitrogens with one attached hydrogen (secondary N) is 3. The predicted octanol–water partition coefficient (Wildman–Crippen LogP) is 3.41. The third-order valence-corrected chi connectivity index (χ3v) is 4.60. The van der Waals surface area contributed by atoms with E-state index >= 15 is 0 Å². The van der Waals surface area contributed by atoms with Crippen LogP contribution in [0.25, 0.3) is 0 Å². The van der Waals surface area contributed by atoms with Gasteiger partial charge in [0.25, 0.3) is 0 Å². The van der Waals surface area contributed by atoms with Crippen molar-refractivity contribution >= 4 is 17.4 Å². The van der Waals surface area contributed by atoms with Crippen molar-refractivity contribution < 1.29 is 4.79 Å². The summed E-state index contributed by atoms with van der Waals surface area (Å²) in [6.45, 7) is 6.90. The lowest BCUT2D eigenvalue weighted by atomic mass is 10.0. The third kappa shape index (κ3) is 4.59. The van der Waals surface area contributed by atoms with Crippen LogP contribution in [-0.4, -0.2) is 22.8 Å². The normalized spacial score (nSPS) is 12.4. The first-order valence-corrected chi connectivity index (χ1v) is 8.52. The van der Waals surface area contributed by atoms with E-state index in [-0.39, 0.29) is 12.1 Å². The molecule has 6 heteroatoms. The number of aromatic nitrogens is 2. The van der Waals surface area contributed by atoms with E-state index in [1.165, 1.54) is 10.4 Å². The van der Waals surface area contributed by atoms with Gasteiger partial charge in [0, 0.05) is 17.1 Å². The first-order chi connectivity index (χ1) is 10.6. The summed E-state index contributed by atoms with van der Waals surface area (Å²) >= 11 is 1.68. The zero-order valence-corrected chi connectivity index (χ0v) is 14.2. The summed E-state index contributed by atoms with van der Waals surface area (Å²) in [5.41, 5.74) is 2.31. The van der Waals surface area contributed by atoms with E-state index in [0.717, 1.165) is 18.5 Å². The molecule has 0 saturated heterocycles. The van der Waals surface area contributed by atoms with Gasteiger partial charge in [-0.05, 0) is 42.7 Å². The Balaban J connectivity index is 1.74.